The van der Waals surface area contributed by atoms with Gasteiger partial charge in [0, 0.05) is 5.69 Å². The van der Waals surface area contributed by atoms with E-state index in [1.165, 1.54) is 0 Å². The van der Waals surface area contributed by atoms with Gasteiger partial charge < -0.3 is 10.6 Å². The van der Waals surface area contributed by atoms with Gasteiger partial charge in [-0.3, -0.25) is 4.79 Å². The summed E-state index contributed by atoms with van der Waals surface area (Å²) in [4.78, 5) is 11.5. The summed E-state index contributed by atoms with van der Waals surface area (Å²) in [5, 5.41) is 14.5. The first-order valence-electron chi connectivity index (χ1n) is 5.77. The van der Waals surface area contributed by atoms with Crippen molar-refractivity contribution in [2.24, 2.45) is 0 Å². The number of carbonyl (C=O) groups excluding carboxylic acids is 1. The van der Waals surface area contributed by atoms with Gasteiger partial charge in [-0.15, -0.1) is 0 Å². The molecular weight excluding hydrogens is 214 g/mol. The molecular formula is C13H17N3O. The van der Waals surface area contributed by atoms with E-state index in [0.29, 0.717) is 17.8 Å². The van der Waals surface area contributed by atoms with Crippen molar-refractivity contribution < 1.29 is 4.79 Å². The smallest absolute Gasteiger partial charge is 0.238 e. The van der Waals surface area contributed by atoms with Crippen LogP contribution in [0.5, 0.6) is 0 Å². The van der Waals surface area contributed by atoms with E-state index in [1.54, 1.807) is 24.3 Å². The maximum absolute atomic E-state index is 11.5. The molecule has 90 valence electrons. The maximum Gasteiger partial charge on any atom is 0.238 e. The van der Waals surface area contributed by atoms with Crippen molar-refractivity contribution in [2.45, 2.75) is 19.8 Å². The third-order valence-corrected chi connectivity index (χ3v) is 2.27. The minimum atomic E-state index is -0.0869. The average molecular weight is 231 g/mol. The average Bonchev–Trinajstić information content (AvgIpc) is 2.35. The molecule has 4 heteroatoms. The molecule has 1 aromatic carbocycles. The summed E-state index contributed by atoms with van der Waals surface area (Å²) in [5.74, 6) is -0.0869. The van der Waals surface area contributed by atoms with Crippen LogP contribution in [0.25, 0.3) is 0 Å². The van der Waals surface area contributed by atoms with Crippen molar-refractivity contribution in [3.63, 3.8) is 0 Å². The zero-order valence-corrected chi connectivity index (χ0v) is 9.99. The summed E-state index contributed by atoms with van der Waals surface area (Å²) in [7, 11) is 0. The SMILES string of the molecule is CCCCNCC(=O)Nc1cccc(C#N)c1. The summed E-state index contributed by atoms with van der Waals surface area (Å²) >= 11 is 0. The van der Waals surface area contributed by atoms with Gasteiger partial charge >= 0.3 is 0 Å². The van der Waals surface area contributed by atoms with Crippen LogP contribution in [0.3, 0.4) is 0 Å². The largest absolute Gasteiger partial charge is 0.325 e. The van der Waals surface area contributed by atoms with Crippen LogP contribution in [0.4, 0.5) is 5.69 Å². The van der Waals surface area contributed by atoms with Crippen molar-refractivity contribution in [1.82, 2.24) is 5.32 Å². The number of rotatable bonds is 6. The quantitative estimate of drug-likeness (QED) is 0.735. The van der Waals surface area contributed by atoms with Gasteiger partial charge in [0.1, 0.15) is 0 Å². The molecule has 0 aliphatic carbocycles. The monoisotopic (exact) mass is 231 g/mol. The van der Waals surface area contributed by atoms with E-state index in [2.05, 4.69) is 17.6 Å². The number of nitrogens with one attached hydrogen (secondary N) is 2. The van der Waals surface area contributed by atoms with Gasteiger partial charge in [0.05, 0.1) is 18.2 Å². The minimum absolute atomic E-state index is 0.0869. The van der Waals surface area contributed by atoms with Crippen molar-refractivity contribution in [3.05, 3.63) is 29.8 Å². The predicted molar refractivity (Wildman–Crippen MR) is 67.6 cm³/mol. The summed E-state index contributed by atoms with van der Waals surface area (Å²) in [6.07, 6.45) is 2.18. The highest BCUT2D eigenvalue weighted by atomic mass is 16.1. The highest BCUT2D eigenvalue weighted by Crippen LogP contribution is 2.09. The van der Waals surface area contributed by atoms with Crippen molar-refractivity contribution in [2.75, 3.05) is 18.4 Å². The lowest BCUT2D eigenvalue weighted by Crippen LogP contribution is -2.28. The van der Waals surface area contributed by atoms with Gasteiger partial charge in [-0.05, 0) is 31.2 Å². The molecule has 0 aromatic heterocycles. The molecule has 0 aliphatic rings. The molecule has 0 radical (unpaired) electrons. The van der Waals surface area contributed by atoms with E-state index >= 15 is 0 Å². The zero-order valence-electron chi connectivity index (χ0n) is 9.99. The number of amides is 1. The first-order chi connectivity index (χ1) is 8.26. The van der Waals surface area contributed by atoms with Crippen LogP contribution in [0, 0.1) is 11.3 Å². The fourth-order valence-electron chi connectivity index (χ4n) is 1.38. The van der Waals surface area contributed by atoms with Crippen molar-refractivity contribution in [1.29, 1.82) is 5.26 Å². The standard InChI is InChI=1S/C13H17N3O/c1-2-3-7-15-10-13(17)16-12-6-4-5-11(8-12)9-14/h4-6,8,15H,2-3,7,10H2,1H3,(H,16,17). The summed E-state index contributed by atoms with van der Waals surface area (Å²) in [6, 6.07) is 8.91. The Balaban J connectivity index is 2.37. The Morgan fingerprint density at radius 2 is 2.29 bits per heavy atom. The molecule has 17 heavy (non-hydrogen) atoms. The van der Waals surface area contributed by atoms with Gasteiger partial charge in [-0.25, -0.2) is 0 Å². The molecule has 0 bridgehead atoms. The molecule has 1 amide bonds. The van der Waals surface area contributed by atoms with Crippen LogP contribution in [0.15, 0.2) is 24.3 Å². The fraction of sp³-hybridized carbons (Fsp3) is 0.385. The molecule has 4 nitrogen and oxygen atoms in total. The minimum Gasteiger partial charge on any atom is -0.325 e. The van der Waals surface area contributed by atoms with Crippen LogP contribution in [0.1, 0.15) is 25.3 Å². The van der Waals surface area contributed by atoms with Crippen molar-refractivity contribution >= 4 is 11.6 Å². The molecule has 0 fully saturated rings. The Labute approximate surface area is 102 Å². The summed E-state index contributed by atoms with van der Waals surface area (Å²) in [5.41, 5.74) is 1.20. The van der Waals surface area contributed by atoms with Crippen LogP contribution < -0.4 is 10.6 Å². The second-order valence-corrected chi connectivity index (χ2v) is 3.77. The van der Waals surface area contributed by atoms with Crippen LogP contribution in [-0.4, -0.2) is 19.0 Å². The first-order valence-corrected chi connectivity index (χ1v) is 5.77. The third kappa shape index (κ3) is 5.14. The molecule has 0 aliphatic heterocycles. The van der Waals surface area contributed by atoms with Crippen LogP contribution >= 0.6 is 0 Å². The fourth-order valence-corrected chi connectivity index (χ4v) is 1.38. The number of nitriles is 1. The van der Waals surface area contributed by atoms with E-state index in [4.69, 9.17) is 5.26 Å². The van der Waals surface area contributed by atoms with Gasteiger partial charge in [-0.2, -0.15) is 5.26 Å². The lowest BCUT2D eigenvalue weighted by atomic mass is 10.2. The van der Waals surface area contributed by atoms with E-state index in [1.807, 2.05) is 6.07 Å². The molecule has 0 saturated heterocycles. The van der Waals surface area contributed by atoms with Crippen LogP contribution in [-0.2, 0) is 4.79 Å². The van der Waals surface area contributed by atoms with E-state index in [9.17, 15) is 4.79 Å². The summed E-state index contributed by atoms with van der Waals surface area (Å²) in [6.45, 7) is 3.26. The number of hydrogen-bond acceptors (Lipinski definition) is 3. The molecule has 0 spiro atoms. The maximum atomic E-state index is 11.5. The molecule has 0 heterocycles. The number of anilines is 1. The van der Waals surface area contributed by atoms with E-state index < -0.39 is 0 Å². The Bertz CT molecular complexity index is 409. The first kappa shape index (κ1) is 13.2. The Hall–Kier alpha value is -1.86. The Morgan fingerprint density at radius 1 is 1.47 bits per heavy atom. The third-order valence-electron chi connectivity index (χ3n) is 2.27. The zero-order chi connectivity index (χ0) is 12.5. The van der Waals surface area contributed by atoms with Gasteiger partial charge in [0.15, 0.2) is 0 Å². The molecule has 1 rings (SSSR count). The molecule has 0 unspecified atom stereocenters. The Morgan fingerprint density at radius 3 is 3.00 bits per heavy atom. The van der Waals surface area contributed by atoms with E-state index in [-0.39, 0.29) is 5.91 Å². The molecule has 1 aromatic rings. The lowest BCUT2D eigenvalue weighted by Gasteiger charge is -2.06. The number of unbranched alkanes of at least 4 members (excludes halogenated alkanes) is 1. The molecule has 2 N–H and O–H groups in total. The summed E-state index contributed by atoms with van der Waals surface area (Å²) < 4.78 is 0. The highest BCUT2D eigenvalue weighted by molar-refractivity contribution is 5.92. The number of benzene rings is 1. The second-order valence-electron chi connectivity index (χ2n) is 3.77. The lowest BCUT2D eigenvalue weighted by molar-refractivity contribution is -0.115. The van der Waals surface area contributed by atoms with Gasteiger partial charge in [-0.1, -0.05) is 19.4 Å². The molecule has 0 saturated carbocycles. The van der Waals surface area contributed by atoms with Gasteiger partial charge in [0.25, 0.3) is 0 Å². The van der Waals surface area contributed by atoms with Crippen LogP contribution in [0.2, 0.25) is 0 Å². The predicted octanol–water partition coefficient (Wildman–Crippen LogP) is 1.89. The topological polar surface area (TPSA) is 64.9 Å². The van der Waals surface area contributed by atoms with Gasteiger partial charge in [0.2, 0.25) is 5.91 Å². The normalized spacial score (nSPS) is 9.65. The second kappa shape index (κ2) is 7.42. The van der Waals surface area contributed by atoms with Crippen molar-refractivity contribution in [3.8, 4) is 6.07 Å². The highest BCUT2D eigenvalue weighted by Gasteiger charge is 2.01. The molecule has 0 atom stereocenters. The number of hydrogen-bond donors (Lipinski definition) is 2. The Kier molecular flexibility index (Phi) is 5.76. The van der Waals surface area contributed by atoms with E-state index in [0.717, 1.165) is 19.4 Å². The number of carbonyl (C=O) groups is 1. The number of nitrogens with zero attached hydrogens (tertiary/aromatic N) is 1.